The first kappa shape index (κ1) is 23.1. The molecule has 1 aromatic rings. The van der Waals surface area contributed by atoms with E-state index >= 15 is 0 Å². The van der Waals surface area contributed by atoms with Crippen LogP contribution in [0.15, 0.2) is 30.3 Å². The quantitative estimate of drug-likeness (QED) is 0.634. The number of amides is 2. The Bertz CT molecular complexity index is 820. The molecule has 0 bridgehead atoms. The van der Waals surface area contributed by atoms with Gasteiger partial charge in [0.2, 0.25) is 5.91 Å². The number of nitrogens with zero attached hydrogens (tertiary/aromatic N) is 3. The van der Waals surface area contributed by atoms with Gasteiger partial charge in [0.25, 0.3) is 16.1 Å². The van der Waals surface area contributed by atoms with Crippen molar-refractivity contribution in [3.63, 3.8) is 0 Å². The van der Waals surface area contributed by atoms with Crippen LogP contribution in [0.4, 0.5) is 0 Å². The summed E-state index contributed by atoms with van der Waals surface area (Å²) in [5.41, 5.74) is 0.515. The first-order valence-electron chi connectivity index (χ1n) is 10.3. The topological polar surface area (TPSA) is 90.0 Å². The molecule has 2 fully saturated rings. The van der Waals surface area contributed by atoms with Crippen molar-refractivity contribution >= 4 is 33.8 Å². The van der Waals surface area contributed by atoms with Crippen molar-refractivity contribution in [1.82, 2.24) is 18.8 Å². The average molecular weight is 455 g/mol. The van der Waals surface area contributed by atoms with E-state index in [1.165, 1.54) is 8.61 Å². The molecule has 2 saturated heterocycles. The Morgan fingerprint density at radius 2 is 1.60 bits per heavy atom. The summed E-state index contributed by atoms with van der Waals surface area (Å²) in [4.78, 5) is 27.3. The van der Waals surface area contributed by atoms with Gasteiger partial charge >= 0.3 is 0 Å². The van der Waals surface area contributed by atoms with Crippen molar-refractivity contribution in [2.45, 2.75) is 25.3 Å². The molecule has 1 atom stereocenters. The van der Waals surface area contributed by atoms with E-state index in [4.69, 9.17) is 0 Å². The molecule has 0 aromatic heterocycles. The second-order valence-electron chi connectivity index (χ2n) is 7.51. The Morgan fingerprint density at radius 3 is 2.20 bits per heavy atom. The average Bonchev–Trinajstić information content (AvgIpc) is 3.32. The molecule has 2 heterocycles. The van der Waals surface area contributed by atoms with E-state index in [2.05, 4.69) is 5.32 Å². The van der Waals surface area contributed by atoms with Crippen LogP contribution in [-0.2, 0) is 15.0 Å². The van der Waals surface area contributed by atoms with Crippen LogP contribution in [0.3, 0.4) is 0 Å². The zero-order valence-corrected chi connectivity index (χ0v) is 19.0. The SMILES string of the molecule is CSCC[C@@H](NC(=O)c1ccccc1)C(=O)N1CCN(S(=O)(=O)N2CCCC2)CC1. The fraction of sp³-hybridized carbons (Fsp3) is 0.600. The van der Waals surface area contributed by atoms with Crippen LogP contribution in [0.25, 0.3) is 0 Å². The molecule has 2 amide bonds. The smallest absolute Gasteiger partial charge is 0.282 e. The highest BCUT2D eigenvalue weighted by atomic mass is 32.2. The molecule has 0 saturated carbocycles. The van der Waals surface area contributed by atoms with Gasteiger partial charge in [0.05, 0.1) is 0 Å². The molecular weight excluding hydrogens is 424 g/mol. The predicted octanol–water partition coefficient (Wildman–Crippen LogP) is 1.02. The number of benzene rings is 1. The van der Waals surface area contributed by atoms with Crippen molar-refractivity contribution in [2.24, 2.45) is 0 Å². The number of carbonyl (C=O) groups is 2. The monoisotopic (exact) mass is 454 g/mol. The van der Waals surface area contributed by atoms with Crippen LogP contribution in [-0.4, -0.2) is 91.1 Å². The summed E-state index contributed by atoms with van der Waals surface area (Å²) in [5.74, 6) is 0.325. The molecule has 1 aromatic carbocycles. The van der Waals surface area contributed by atoms with Gasteiger partial charge in [-0.05, 0) is 43.4 Å². The van der Waals surface area contributed by atoms with Gasteiger partial charge in [-0.2, -0.15) is 28.8 Å². The van der Waals surface area contributed by atoms with E-state index in [-0.39, 0.29) is 24.9 Å². The maximum Gasteiger partial charge on any atom is 0.282 e. The van der Waals surface area contributed by atoms with Crippen molar-refractivity contribution in [3.8, 4) is 0 Å². The zero-order chi connectivity index (χ0) is 21.6. The summed E-state index contributed by atoms with van der Waals surface area (Å²) in [6.07, 6.45) is 4.29. The summed E-state index contributed by atoms with van der Waals surface area (Å²) >= 11 is 1.62. The lowest BCUT2D eigenvalue weighted by atomic mass is 10.1. The molecule has 0 radical (unpaired) electrons. The Hall–Kier alpha value is -1.62. The second kappa shape index (κ2) is 10.6. The molecule has 30 heavy (non-hydrogen) atoms. The first-order valence-corrected chi connectivity index (χ1v) is 13.1. The number of piperazine rings is 1. The molecule has 1 N–H and O–H groups in total. The third kappa shape index (κ3) is 5.54. The molecule has 10 heteroatoms. The van der Waals surface area contributed by atoms with Crippen molar-refractivity contribution in [1.29, 1.82) is 0 Å². The molecule has 166 valence electrons. The Kier molecular flexibility index (Phi) is 8.15. The van der Waals surface area contributed by atoms with Gasteiger partial charge in [-0.25, -0.2) is 0 Å². The number of rotatable bonds is 8. The maximum absolute atomic E-state index is 13.1. The van der Waals surface area contributed by atoms with Crippen molar-refractivity contribution in [2.75, 3.05) is 51.3 Å². The summed E-state index contributed by atoms with van der Waals surface area (Å²) in [6, 6.07) is 8.22. The van der Waals surface area contributed by atoms with Gasteiger partial charge < -0.3 is 10.2 Å². The van der Waals surface area contributed by atoms with Crippen molar-refractivity contribution in [3.05, 3.63) is 35.9 Å². The van der Waals surface area contributed by atoms with Crippen LogP contribution in [0.1, 0.15) is 29.6 Å². The molecule has 0 unspecified atom stereocenters. The van der Waals surface area contributed by atoms with E-state index in [0.717, 1.165) is 18.6 Å². The Balaban J connectivity index is 1.60. The van der Waals surface area contributed by atoms with Crippen LogP contribution in [0.5, 0.6) is 0 Å². The normalized spacial score (nSPS) is 19.6. The fourth-order valence-corrected chi connectivity index (χ4v) is 5.91. The zero-order valence-electron chi connectivity index (χ0n) is 17.3. The number of thioether (sulfide) groups is 1. The van der Waals surface area contributed by atoms with Crippen LogP contribution in [0, 0.1) is 0 Å². The van der Waals surface area contributed by atoms with Crippen molar-refractivity contribution < 1.29 is 18.0 Å². The van der Waals surface area contributed by atoms with E-state index in [9.17, 15) is 18.0 Å². The number of hydrogen-bond donors (Lipinski definition) is 1. The second-order valence-corrected chi connectivity index (χ2v) is 10.4. The van der Waals surface area contributed by atoms with E-state index in [0.29, 0.717) is 38.2 Å². The molecule has 0 spiro atoms. The molecule has 2 aliphatic heterocycles. The molecule has 3 rings (SSSR count). The number of nitrogens with one attached hydrogen (secondary N) is 1. The van der Waals surface area contributed by atoms with Crippen LogP contribution >= 0.6 is 11.8 Å². The maximum atomic E-state index is 13.1. The van der Waals surface area contributed by atoms with E-state index < -0.39 is 16.3 Å². The van der Waals surface area contributed by atoms with Gasteiger partial charge in [-0.3, -0.25) is 9.59 Å². The standard InChI is InChI=1S/C20H30N4O4S2/c1-29-16-9-18(21-19(25)17-7-3-2-4-8-17)20(26)22-12-14-24(15-13-22)30(27,28)23-10-5-6-11-23/h2-4,7-8,18H,5-6,9-16H2,1H3,(H,21,25)/t18-/m1/s1. The van der Waals surface area contributed by atoms with Gasteiger partial charge in [0.15, 0.2) is 0 Å². The highest BCUT2D eigenvalue weighted by Gasteiger charge is 2.36. The summed E-state index contributed by atoms with van der Waals surface area (Å²) in [6.45, 7) is 2.39. The fourth-order valence-electron chi connectivity index (χ4n) is 3.77. The summed E-state index contributed by atoms with van der Waals surface area (Å²) < 4.78 is 28.5. The lowest BCUT2D eigenvalue weighted by Crippen LogP contribution is -2.57. The highest BCUT2D eigenvalue weighted by molar-refractivity contribution is 7.98. The van der Waals surface area contributed by atoms with Gasteiger partial charge in [0.1, 0.15) is 6.04 Å². The van der Waals surface area contributed by atoms with E-state index in [1.54, 1.807) is 40.9 Å². The summed E-state index contributed by atoms with van der Waals surface area (Å²) in [7, 11) is -3.44. The molecule has 8 nitrogen and oxygen atoms in total. The number of carbonyl (C=O) groups excluding carboxylic acids is 2. The third-order valence-electron chi connectivity index (χ3n) is 5.52. The Labute approximate surface area is 183 Å². The van der Waals surface area contributed by atoms with Crippen LogP contribution < -0.4 is 5.32 Å². The minimum Gasteiger partial charge on any atom is -0.340 e. The molecular formula is C20H30N4O4S2. The Morgan fingerprint density at radius 1 is 1.00 bits per heavy atom. The largest absolute Gasteiger partial charge is 0.340 e. The minimum atomic E-state index is -3.44. The summed E-state index contributed by atoms with van der Waals surface area (Å²) in [5, 5.41) is 2.87. The molecule has 2 aliphatic rings. The minimum absolute atomic E-state index is 0.147. The predicted molar refractivity (Wildman–Crippen MR) is 119 cm³/mol. The van der Waals surface area contributed by atoms with Gasteiger partial charge in [-0.1, -0.05) is 18.2 Å². The van der Waals surface area contributed by atoms with E-state index in [1.807, 2.05) is 12.3 Å². The lowest BCUT2D eigenvalue weighted by Gasteiger charge is -2.37. The third-order valence-corrected chi connectivity index (χ3v) is 8.20. The lowest BCUT2D eigenvalue weighted by molar-refractivity contribution is -0.134. The highest BCUT2D eigenvalue weighted by Crippen LogP contribution is 2.18. The van der Waals surface area contributed by atoms with Crippen LogP contribution in [0.2, 0.25) is 0 Å². The van der Waals surface area contributed by atoms with Gasteiger partial charge in [-0.15, -0.1) is 0 Å². The van der Waals surface area contributed by atoms with Gasteiger partial charge in [0, 0.05) is 44.8 Å². The molecule has 0 aliphatic carbocycles. The first-order chi connectivity index (χ1) is 14.4. The number of hydrogen-bond acceptors (Lipinski definition) is 5.